The molecule has 0 saturated heterocycles. The van der Waals surface area contributed by atoms with Crippen LogP contribution in [0.15, 0.2) is 33.1 Å². The minimum absolute atomic E-state index is 0.0462. The number of aromatic carboxylic acids is 4. The monoisotopic (exact) mass is 384 g/mol. The maximum Gasteiger partial charge on any atom is 0.339 e. The van der Waals surface area contributed by atoms with Crippen molar-refractivity contribution in [1.29, 1.82) is 0 Å². The molecule has 4 rings (SSSR count). The van der Waals surface area contributed by atoms with E-state index in [0.717, 1.165) is 24.3 Å². The average Bonchev–Trinajstić information content (AvgIpc) is 3.15. The molecule has 0 saturated carbocycles. The summed E-state index contributed by atoms with van der Waals surface area (Å²) in [4.78, 5) is 45.7. The molecule has 0 aliphatic carbocycles. The standard InChI is InChI=1S/C18H8O10/c19-14(20)5-1-7-11-8-2-6(15(21)22)4-10(17(25)26)13(8)28-18(11)27-12(7)9(3-5)16(23)24/h1-4H,(H,19,20)(H,21,22)(H,23,24)(H,25,26). The van der Waals surface area contributed by atoms with E-state index in [9.17, 15) is 39.6 Å². The van der Waals surface area contributed by atoms with E-state index in [1.807, 2.05) is 0 Å². The Labute approximate surface area is 152 Å². The highest BCUT2D eigenvalue weighted by molar-refractivity contribution is 6.23. The number of benzene rings is 2. The fourth-order valence-corrected chi connectivity index (χ4v) is 3.09. The van der Waals surface area contributed by atoms with Gasteiger partial charge < -0.3 is 29.3 Å². The summed E-state index contributed by atoms with van der Waals surface area (Å²) in [6.45, 7) is 0. The second kappa shape index (κ2) is 5.58. The molecule has 2 aromatic carbocycles. The summed E-state index contributed by atoms with van der Waals surface area (Å²) in [5, 5.41) is 37.4. The number of carboxylic acids is 4. The molecule has 4 N–H and O–H groups in total. The topological polar surface area (TPSA) is 175 Å². The summed E-state index contributed by atoms with van der Waals surface area (Å²) in [5.41, 5.74) is -1.88. The zero-order valence-electron chi connectivity index (χ0n) is 13.5. The first-order chi connectivity index (χ1) is 13.2. The average molecular weight is 384 g/mol. The van der Waals surface area contributed by atoms with E-state index >= 15 is 0 Å². The lowest BCUT2D eigenvalue weighted by Crippen LogP contribution is -2.03. The molecule has 0 radical (unpaired) electrons. The first kappa shape index (κ1) is 17.1. The van der Waals surface area contributed by atoms with E-state index in [0.29, 0.717) is 0 Å². The van der Waals surface area contributed by atoms with Gasteiger partial charge in [-0.2, -0.15) is 0 Å². The summed E-state index contributed by atoms with van der Waals surface area (Å²) in [7, 11) is 0. The summed E-state index contributed by atoms with van der Waals surface area (Å²) in [5.74, 6) is -5.90. The van der Waals surface area contributed by atoms with E-state index < -0.39 is 35.0 Å². The van der Waals surface area contributed by atoms with Crippen LogP contribution in [-0.4, -0.2) is 44.3 Å². The fraction of sp³-hybridized carbons (Fsp3) is 0. The maximum absolute atomic E-state index is 11.5. The van der Waals surface area contributed by atoms with Gasteiger partial charge in [0.15, 0.2) is 11.2 Å². The smallest absolute Gasteiger partial charge is 0.339 e. The molecule has 10 nitrogen and oxygen atoms in total. The normalized spacial score (nSPS) is 11.3. The minimum Gasteiger partial charge on any atom is -0.478 e. The van der Waals surface area contributed by atoms with Crippen LogP contribution in [0.4, 0.5) is 0 Å². The summed E-state index contributed by atoms with van der Waals surface area (Å²) in [6.07, 6.45) is 0. The number of hydrogen-bond acceptors (Lipinski definition) is 6. The molecule has 2 heterocycles. The second-order valence-electron chi connectivity index (χ2n) is 5.89. The molecule has 10 heteroatoms. The SMILES string of the molecule is O=C(O)c1cc(C(=O)O)c2oc3oc4c(C(=O)O)cc(C(=O)O)cc4c3c2c1. The predicted octanol–water partition coefficient (Wildman–Crippen LogP) is 3.13. The molecule has 0 atom stereocenters. The Morgan fingerprint density at radius 2 is 1.00 bits per heavy atom. The van der Waals surface area contributed by atoms with E-state index in [4.69, 9.17) is 8.83 Å². The fourth-order valence-electron chi connectivity index (χ4n) is 3.09. The van der Waals surface area contributed by atoms with Crippen molar-refractivity contribution in [2.45, 2.75) is 0 Å². The van der Waals surface area contributed by atoms with Gasteiger partial charge in [-0.1, -0.05) is 0 Å². The largest absolute Gasteiger partial charge is 0.478 e. The zero-order valence-corrected chi connectivity index (χ0v) is 13.5. The van der Waals surface area contributed by atoms with Crippen LogP contribution in [0.2, 0.25) is 0 Å². The molecule has 0 aliphatic rings. The van der Waals surface area contributed by atoms with Gasteiger partial charge in [-0.25, -0.2) is 19.2 Å². The van der Waals surface area contributed by atoms with Crippen molar-refractivity contribution in [2.24, 2.45) is 0 Å². The lowest BCUT2D eigenvalue weighted by molar-refractivity contribution is 0.0677. The van der Waals surface area contributed by atoms with Crippen LogP contribution in [-0.2, 0) is 0 Å². The van der Waals surface area contributed by atoms with Crippen molar-refractivity contribution in [2.75, 3.05) is 0 Å². The number of rotatable bonds is 4. The van der Waals surface area contributed by atoms with E-state index in [1.165, 1.54) is 0 Å². The summed E-state index contributed by atoms with van der Waals surface area (Å²) < 4.78 is 10.8. The van der Waals surface area contributed by atoms with Crippen molar-refractivity contribution >= 4 is 57.0 Å². The van der Waals surface area contributed by atoms with Crippen molar-refractivity contribution < 1.29 is 48.4 Å². The van der Waals surface area contributed by atoms with Crippen molar-refractivity contribution in [3.8, 4) is 0 Å². The number of carboxylic acid groups (broad SMARTS) is 4. The van der Waals surface area contributed by atoms with Crippen LogP contribution in [0.1, 0.15) is 41.4 Å². The van der Waals surface area contributed by atoms with Crippen molar-refractivity contribution in [3.63, 3.8) is 0 Å². The number of carbonyl (C=O) groups is 4. The quantitative estimate of drug-likeness (QED) is 0.409. The van der Waals surface area contributed by atoms with Crippen molar-refractivity contribution in [1.82, 2.24) is 0 Å². The van der Waals surface area contributed by atoms with Gasteiger partial charge in [0.05, 0.1) is 16.5 Å². The molecule has 0 fully saturated rings. The maximum atomic E-state index is 11.5. The highest BCUT2D eigenvalue weighted by atomic mass is 16.5. The highest BCUT2D eigenvalue weighted by Gasteiger charge is 2.26. The first-order valence-electron chi connectivity index (χ1n) is 7.59. The molecular weight excluding hydrogens is 376 g/mol. The van der Waals surface area contributed by atoms with Crippen LogP contribution in [0, 0.1) is 0 Å². The lowest BCUT2D eigenvalue weighted by atomic mass is 10.0. The van der Waals surface area contributed by atoms with Gasteiger partial charge in [0, 0.05) is 10.8 Å². The molecule has 4 aromatic rings. The molecule has 0 unspecified atom stereocenters. The van der Waals surface area contributed by atoms with E-state index in [-0.39, 0.29) is 44.2 Å². The Kier molecular flexibility index (Phi) is 3.40. The van der Waals surface area contributed by atoms with Crippen LogP contribution in [0.5, 0.6) is 0 Å². The molecule has 0 aliphatic heterocycles. The third-order valence-corrected chi connectivity index (χ3v) is 4.26. The molecule has 0 spiro atoms. The first-order valence-corrected chi connectivity index (χ1v) is 7.59. The van der Waals surface area contributed by atoms with Gasteiger partial charge in [-0.3, -0.25) is 0 Å². The van der Waals surface area contributed by atoms with Crippen LogP contribution >= 0.6 is 0 Å². The van der Waals surface area contributed by atoms with Crippen LogP contribution in [0.25, 0.3) is 33.1 Å². The van der Waals surface area contributed by atoms with Crippen LogP contribution in [0.3, 0.4) is 0 Å². The number of fused-ring (bicyclic) bond motifs is 5. The summed E-state index contributed by atoms with van der Waals surface area (Å²) >= 11 is 0. The minimum atomic E-state index is -1.44. The highest BCUT2D eigenvalue weighted by Crippen LogP contribution is 2.40. The molecular formula is C18H8O10. The van der Waals surface area contributed by atoms with Gasteiger partial charge in [0.1, 0.15) is 11.1 Å². The van der Waals surface area contributed by atoms with Gasteiger partial charge >= 0.3 is 23.9 Å². The third-order valence-electron chi connectivity index (χ3n) is 4.26. The number of hydrogen-bond donors (Lipinski definition) is 4. The van der Waals surface area contributed by atoms with Gasteiger partial charge in [-0.15, -0.1) is 0 Å². The molecule has 0 bridgehead atoms. The molecule has 2 aromatic heterocycles. The predicted molar refractivity (Wildman–Crippen MR) is 91.3 cm³/mol. The van der Waals surface area contributed by atoms with Crippen molar-refractivity contribution in [3.05, 3.63) is 46.5 Å². The Morgan fingerprint density at radius 1 is 0.607 bits per heavy atom. The Bertz CT molecular complexity index is 1270. The zero-order chi connectivity index (χ0) is 20.3. The molecule has 0 amide bonds. The molecule has 140 valence electrons. The number of furan rings is 2. The third kappa shape index (κ3) is 2.28. The van der Waals surface area contributed by atoms with Crippen LogP contribution < -0.4 is 0 Å². The summed E-state index contributed by atoms with van der Waals surface area (Å²) in [6, 6.07) is 4.14. The van der Waals surface area contributed by atoms with Gasteiger partial charge in [0.25, 0.3) is 5.78 Å². The molecule has 28 heavy (non-hydrogen) atoms. The lowest BCUT2D eigenvalue weighted by Gasteiger charge is -2.02. The Morgan fingerprint density at radius 3 is 1.32 bits per heavy atom. The Balaban J connectivity index is 2.24. The van der Waals surface area contributed by atoms with Gasteiger partial charge in [0.2, 0.25) is 0 Å². The van der Waals surface area contributed by atoms with Gasteiger partial charge in [-0.05, 0) is 24.3 Å². The second-order valence-corrected chi connectivity index (χ2v) is 5.89. The Hall–Kier alpha value is -4.34. The van der Waals surface area contributed by atoms with E-state index in [2.05, 4.69) is 0 Å². The van der Waals surface area contributed by atoms with E-state index in [1.54, 1.807) is 0 Å².